The molecule has 0 aliphatic carbocycles. The van der Waals surface area contributed by atoms with Gasteiger partial charge in [0.25, 0.3) is 5.91 Å². The maximum atomic E-state index is 12.9. The fourth-order valence-corrected chi connectivity index (χ4v) is 3.58. The van der Waals surface area contributed by atoms with Crippen LogP contribution in [0.3, 0.4) is 0 Å². The van der Waals surface area contributed by atoms with Crippen LogP contribution in [0.2, 0.25) is 5.02 Å². The zero-order valence-electron chi connectivity index (χ0n) is 13.5. The minimum absolute atomic E-state index is 0.0888. The summed E-state index contributed by atoms with van der Waals surface area (Å²) >= 11 is 6.10. The lowest BCUT2D eigenvalue weighted by Crippen LogP contribution is -2.37. The predicted molar refractivity (Wildman–Crippen MR) is 89.0 cm³/mol. The van der Waals surface area contributed by atoms with Crippen LogP contribution in [-0.2, 0) is 0 Å². The fourth-order valence-electron chi connectivity index (χ4n) is 3.40. The van der Waals surface area contributed by atoms with E-state index in [1.807, 2.05) is 25.1 Å². The second-order valence-corrected chi connectivity index (χ2v) is 6.27. The van der Waals surface area contributed by atoms with Crippen molar-refractivity contribution in [2.75, 3.05) is 14.2 Å². The smallest absolute Gasteiger partial charge is 0.258 e. The lowest BCUT2D eigenvalue weighted by molar-refractivity contribution is -0.00186. The number of hydrogen-bond acceptors (Lipinski definition) is 4. The van der Waals surface area contributed by atoms with E-state index in [0.717, 1.165) is 16.9 Å². The van der Waals surface area contributed by atoms with Gasteiger partial charge in [-0.2, -0.15) is 0 Å². The van der Waals surface area contributed by atoms with Crippen LogP contribution in [0.5, 0.6) is 17.2 Å². The van der Waals surface area contributed by atoms with Crippen LogP contribution in [0.1, 0.15) is 40.7 Å². The van der Waals surface area contributed by atoms with E-state index >= 15 is 0 Å². The number of carbonyl (C=O) groups excluding carboxylic acids is 1. The summed E-state index contributed by atoms with van der Waals surface area (Å²) in [6.07, 6.45) is -0.476. The van der Waals surface area contributed by atoms with Gasteiger partial charge in [0.15, 0.2) is 11.5 Å². The Morgan fingerprint density at radius 3 is 2.50 bits per heavy atom. The molecule has 0 aromatic heterocycles. The van der Waals surface area contributed by atoms with Gasteiger partial charge in [-0.15, -0.1) is 0 Å². The number of carbonyl (C=O) groups is 1. The van der Waals surface area contributed by atoms with Crippen molar-refractivity contribution >= 4 is 17.5 Å². The van der Waals surface area contributed by atoms with E-state index in [2.05, 4.69) is 0 Å². The number of rotatable bonds is 2. The Labute approximate surface area is 144 Å². The fraction of sp³-hybridized carbons (Fsp3) is 0.278. The molecule has 6 heteroatoms. The average molecular weight is 346 g/mol. The molecule has 24 heavy (non-hydrogen) atoms. The highest BCUT2D eigenvalue weighted by Gasteiger charge is 2.45. The Morgan fingerprint density at radius 2 is 1.79 bits per heavy atom. The SMILES string of the molecule is COc1cc2c(cc1OC)[C@@H]1Oc3ccc(Cl)cc3[C@@H](C)N1C2=O. The summed E-state index contributed by atoms with van der Waals surface area (Å²) in [5, 5.41) is 0.621. The minimum atomic E-state index is -0.476. The van der Waals surface area contributed by atoms with E-state index in [9.17, 15) is 4.79 Å². The normalized spacial score (nSPS) is 20.8. The van der Waals surface area contributed by atoms with Crippen LogP contribution in [0.15, 0.2) is 30.3 Å². The van der Waals surface area contributed by atoms with Crippen LogP contribution in [0.4, 0.5) is 0 Å². The molecule has 0 saturated carbocycles. The molecule has 2 aliphatic rings. The van der Waals surface area contributed by atoms with Crippen molar-refractivity contribution in [1.29, 1.82) is 0 Å². The van der Waals surface area contributed by atoms with Gasteiger partial charge in [0.05, 0.1) is 25.8 Å². The third kappa shape index (κ3) is 1.97. The molecule has 0 spiro atoms. The van der Waals surface area contributed by atoms with Crippen molar-refractivity contribution in [2.45, 2.75) is 19.2 Å². The van der Waals surface area contributed by atoms with E-state index < -0.39 is 6.23 Å². The number of nitrogens with zero attached hydrogens (tertiary/aromatic N) is 1. The average Bonchev–Trinajstić information content (AvgIpc) is 2.86. The molecule has 2 heterocycles. The molecular weight excluding hydrogens is 330 g/mol. The Bertz CT molecular complexity index is 851. The minimum Gasteiger partial charge on any atom is -0.493 e. The zero-order valence-corrected chi connectivity index (χ0v) is 14.3. The summed E-state index contributed by atoms with van der Waals surface area (Å²) in [5.41, 5.74) is 2.26. The summed E-state index contributed by atoms with van der Waals surface area (Å²) in [6.45, 7) is 1.98. The summed E-state index contributed by atoms with van der Waals surface area (Å²) in [4.78, 5) is 14.6. The molecule has 0 fully saturated rings. The molecule has 2 aromatic carbocycles. The maximum absolute atomic E-state index is 12.9. The topological polar surface area (TPSA) is 48.0 Å². The molecule has 5 nitrogen and oxygen atoms in total. The Balaban J connectivity index is 1.86. The number of benzene rings is 2. The highest BCUT2D eigenvalue weighted by molar-refractivity contribution is 6.30. The van der Waals surface area contributed by atoms with Crippen molar-refractivity contribution < 1.29 is 19.0 Å². The molecule has 0 saturated heterocycles. The molecule has 1 amide bonds. The van der Waals surface area contributed by atoms with Gasteiger partial charge in [-0.25, -0.2) is 0 Å². The third-order valence-corrected chi connectivity index (χ3v) is 4.85. The largest absolute Gasteiger partial charge is 0.493 e. The van der Waals surface area contributed by atoms with E-state index in [0.29, 0.717) is 22.1 Å². The van der Waals surface area contributed by atoms with Crippen LogP contribution in [0, 0.1) is 0 Å². The number of methoxy groups -OCH3 is 2. The van der Waals surface area contributed by atoms with Gasteiger partial charge in [0, 0.05) is 16.1 Å². The molecule has 0 radical (unpaired) electrons. The Kier molecular flexibility index (Phi) is 3.35. The first-order valence-corrected chi connectivity index (χ1v) is 7.97. The summed E-state index contributed by atoms with van der Waals surface area (Å²) in [6, 6.07) is 8.85. The van der Waals surface area contributed by atoms with Crippen molar-refractivity contribution in [3.63, 3.8) is 0 Å². The van der Waals surface area contributed by atoms with Crippen molar-refractivity contribution in [2.24, 2.45) is 0 Å². The van der Waals surface area contributed by atoms with E-state index in [1.54, 1.807) is 31.3 Å². The third-order valence-electron chi connectivity index (χ3n) is 4.62. The molecule has 4 rings (SSSR count). The maximum Gasteiger partial charge on any atom is 0.258 e. The molecule has 0 N–H and O–H groups in total. The van der Waals surface area contributed by atoms with Gasteiger partial charge in [0.2, 0.25) is 6.23 Å². The number of halogens is 1. The summed E-state index contributed by atoms with van der Waals surface area (Å²) in [5.74, 6) is 1.75. The molecule has 2 atom stereocenters. The first-order chi connectivity index (χ1) is 11.5. The van der Waals surface area contributed by atoms with Crippen molar-refractivity contribution in [3.8, 4) is 17.2 Å². The lowest BCUT2D eigenvalue weighted by Gasteiger charge is -2.37. The molecular formula is C18H16ClNO4. The van der Waals surface area contributed by atoms with Crippen molar-refractivity contribution in [3.05, 3.63) is 52.0 Å². The van der Waals surface area contributed by atoms with Crippen LogP contribution in [0.25, 0.3) is 0 Å². The van der Waals surface area contributed by atoms with Gasteiger partial charge in [0.1, 0.15) is 5.75 Å². The number of ether oxygens (including phenoxy) is 3. The monoisotopic (exact) mass is 345 g/mol. The quantitative estimate of drug-likeness (QED) is 0.826. The summed E-state index contributed by atoms with van der Waals surface area (Å²) < 4.78 is 16.8. The first-order valence-electron chi connectivity index (χ1n) is 7.60. The zero-order chi connectivity index (χ0) is 17.0. The second-order valence-electron chi connectivity index (χ2n) is 5.84. The first kappa shape index (κ1) is 15.1. The van der Waals surface area contributed by atoms with E-state index in [4.69, 9.17) is 25.8 Å². The number of hydrogen-bond donors (Lipinski definition) is 0. The summed E-state index contributed by atoms with van der Waals surface area (Å²) in [7, 11) is 3.12. The highest BCUT2D eigenvalue weighted by Crippen LogP contribution is 2.49. The van der Waals surface area contributed by atoms with Crippen LogP contribution < -0.4 is 14.2 Å². The number of fused-ring (bicyclic) bond motifs is 4. The Morgan fingerprint density at radius 1 is 1.08 bits per heavy atom. The van der Waals surface area contributed by atoms with Gasteiger partial charge >= 0.3 is 0 Å². The molecule has 0 bridgehead atoms. The van der Waals surface area contributed by atoms with Crippen LogP contribution >= 0.6 is 11.6 Å². The standard InChI is InChI=1S/C18H16ClNO4/c1-9-11-6-10(19)4-5-14(11)24-18-13-8-16(23-3)15(22-2)7-12(13)17(21)20(9)18/h4-9,18H,1-3H3/t9-,18+/m1/s1. The van der Waals surface area contributed by atoms with Gasteiger partial charge in [-0.1, -0.05) is 11.6 Å². The second kappa shape index (κ2) is 5.31. The lowest BCUT2D eigenvalue weighted by atomic mass is 10.0. The molecule has 0 unspecified atom stereocenters. The van der Waals surface area contributed by atoms with Crippen LogP contribution in [-0.4, -0.2) is 25.0 Å². The van der Waals surface area contributed by atoms with Crippen molar-refractivity contribution in [1.82, 2.24) is 4.90 Å². The van der Waals surface area contributed by atoms with Gasteiger partial charge < -0.3 is 14.2 Å². The Hall–Kier alpha value is -2.40. The molecule has 2 aromatic rings. The van der Waals surface area contributed by atoms with Gasteiger partial charge in [-0.3, -0.25) is 9.69 Å². The van der Waals surface area contributed by atoms with E-state index in [1.165, 1.54) is 0 Å². The van der Waals surface area contributed by atoms with Gasteiger partial charge in [-0.05, 0) is 37.3 Å². The molecule has 2 aliphatic heterocycles. The van der Waals surface area contributed by atoms with E-state index in [-0.39, 0.29) is 11.9 Å². The molecule has 124 valence electrons. The number of amides is 1. The predicted octanol–water partition coefficient (Wildman–Crippen LogP) is 3.97. The highest BCUT2D eigenvalue weighted by atomic mass is 35.5.